The summed E-state index contributed by atoms with van der Waals surface area (Å²) < 4.78 is 5.48. The van der Waals surface area contributed by atoms with E-state index >= 15 is 0 Å². The third kappa shape index (κ3) is 0.435. The first-order valence-corrected chi connectivity index (χ1v) is 3.73. The van der Waals surface area contributed by atoms with Crippen molar-refractivity contribution in [3.8, 4) is 0 Å². The van der Waals surface area contributed by atoms with E-state index in [1.54, 1.807) is 0 Å². The van der Waals surface area contributed by atoms with Gasteiger partial charge in [-0.3, -0.25) is 5.32 Å². The predicted molar refractivity (Wildman–Crippen MR) is 37.1 cm³/mol. The van der Waals surface area contributed by atoms with Crippen molar-refractivity contribution in [3.63, 3.8) is 0 Å². The van der Waals surface area contributed by atoms with E-state index in [4.69, 9.17) is 4.74 Å². The highest BCUT2D eigenvalue weighted by molar-refractivity contribution is 5.31. The summed E-state index contributed by atoms with van der Waals surface area (Å²) in [5.41, 5.74) is 1.45. The Kier molecular flexibility index (Phi) is 0.775. The second-order valence-electron chi connectivity index (χ2n) is 3.04. The molecule has 2 nitrogen and oxygen atoms in total. The van der Waals surface area contributed by atoms with Gasteiger partial charge in [0.1, 0.15) is 12.5 Å². The van der Waals surface area contributed by atoms with Crippen LogP contribution >= 0.6 is 0 Å². The van der Waals surface area contributed by atoms with Gasteiger partial charge in [0.25, 0.3) is 0 Å². The first-order chi connectivity index (χ1) is 4.95. The zero-order valence-electron chi connectivity index (χ0n) is 5.58. The minimum absolute atomic E-state index is 0.264. The normalized spacial score (nSPS) is 48.0. The SMILES string of the molecule is C1=CCC2C(=C1)C1NC2O1. The van der Waals surface area contributed by atoms with Gasteiger partial charge in [0, 0.05) is 5.92 Å². The summed E-state index contributed by atoms with van der Waals surface area (Å²) in [6, 6.07) is 0. The maximum Gasteiger partial charge on any atom is 0.135 e. The first-order valence-electron chi connectivity index (χ1n) is 3.73. The molecule has 3 unspecified atom stereocenters. The lowest BCUT2D eigenvalue weighted by Gasteiger charge is -2.26. The highest BCUT2D eigenvalue weighted by Crippen LogP contribution is 2.41. The van der Waals surface area contributed by atoms with E-state index in [-0.39, 0.29) is 6.23 Å². The first kappa shape index (κ1) is 5.10. The van der Waals surface area contributed by atoms with E-state index in [9.17, 15) is 0 Å². The molecule has 0 aromatic carbocycles. The maximum atomic E-state index is 5.48. The van der Waals surface area contributed by atoms with Crippen LogP contribution in [0.4, 0.5) is 0 Å². The molecule has 0 radical (unpaired) electrons. The van der Waals surface area contributed by atoms with Crippen molar-refractivity contribution in [2.24, 2.45) is 5.92 Å². The van der Waals surface area contributed by atoms with Crippen molar-refractivity contribution < 1.29 is 4.74 Å². The van der Waals surface area contributed by atoms with Crippen molar-refractivity contribution in [2.45, 2.75) is 18.9 Å². The Morgan fingerprint density at radius 3 is 3.30 bits per heavy atom. The van der Waals surface area contributed by atoms with E-state index in [0.29, 0.717) is 12.1 Å². The summed E-state index contributed by atoms with van der Waals surface area (Å²) in [5, 5.41) is 3.33. The smallest absolute Gasteiger partial charge is 0.135 e. The number of hydrogen-bond donors (Lipinski definition) is 1. The Morgan fingerprint density at radius 2 is 2.50 bits per heavy atom. The Hall–Kier alpha value is -0.600. The summed E-state index contributed by atoms with van der Waals surface area (Å²) in [7, 11) is 0. The second kappa shape index (κ2) is 1.52. The van der Waals surface area contributed by atoms with Gasteiger partial charge in [-0.25, -0.2) is 0 Å². The molecule has 52 valence electrons. The topological polar surface area (TPSA) is 21.3 Å². The van der Waals surface area contributed by atoms with Crippen LogP contribution in [0.15, 0.2) is 23.8 Å². The molecule has 10 heavy (non-hydrogen) atoms. The van der Waals surface area contributed by atoms with Gasteiger partial charge < -0.3 is 4.74 Å². The minimum atomic E-state index is 0.264. The van der Waals surface area contributed by atoms with Crippen molar-refractivity contribution in [1.29, 1.82) is 0 Å². The number of hydrogen-bond acceptors (Lipinski definition) is 2. The van der Waals surface area contributed by atoms with E-state index < -0.39 is 0 Å². The molecule has 1 aliphatic carbocycles. The van der Waals surface area contributed by atoms with Crippen LogP contribution in [0.2, 0.25) is 0 Å². The Bertz CT molecular complexity index is 225. The fraction of sp³-hybridized carbons (Fsp3) is 0.500. The summed E-state index contributed by atoms with van der Waals surface area (Å²) in [6.07, 6.45) is 8.26. The van der Waals surface area contributed by atoms with Gasteiger partial charge in [0.2, 0.25) is 0 Å². The monoisotopic (exact) mass is 135 g/mol. The van der Waals surface area contributed by atoms with Crippen LogP contribution in [0.25, 0.3) is 0 Å². The van der Waals surface area contributed by atoms with Crippen LogP contribution in [0.3, 0.4) is 0 Å². The molecule has 3 fully saturated rings. The zero-order chi connectivity index (χ0) is 6.55. The van der Waals surface area contributed by atoms with E-state index in [1.165, 1.54) is 5.57 Å². The van der Waals surface area contributed by atoms with E-state index in [1.807, 2.05) is 0 Å². The fourth-order valence-electron chi connectivity index (χ4n) is 1.93. The molecule has 0 aromatic rings. The van der Waals surface area contributed by atoms with Crippen LogP contribution in [0, 0.1) is 5.92 Å². The maximum absolute atomic E-state index is 5.48. The lowest BCUT2D eigenvalue weighted by Crippen LogP contribution is -2.48. The predicted octanol–water partition coefficient (Wildman–Crippen LogP) is 0.774. The molecule has 4 rings (SSSR count). The second-order valence-corrected chi connectivity index (χ2v) is 3.04. The largest absolute Gasteiger partial charge is 0.341 e. The molecular weight excluding hydrogens is 126 g/mol. The van der Waals surface area contributed by atoms with Gasteiger partial charge in [-0.1, -0.05) is 18.2 Å². The Labute approximate surface area is 59.6 Å². The quantitative estimate of drug-likeness (QED) is 0.530. The number of rotatable bonds is 0. The van der Waals surface area contributed by atoms with Gasteiger partial charge >= 0.3 is 0 Å². The molecule has 2 heteroatoms. The van der Waals surface area contributed by atoms with Crippen LogP contribution < -0.4 is 5.32 Å². The summed E-state index contributed by atoms with van der Waals surface area (Å²) >= 11 is 0. The average Bonchev–Trinajstić information content (AvgIpc) is 2.36. The van der Waals surface area contributed by atoms with Crippen molar-refractivity contribution >= 4 is 0 Å². The number of allylic oxidation sites excluding steroid dienone is 3. The third-order valence-corrected chi connectivity index (χ3v) is 2.51. The van der Waals surface area contributed by atoms with Gasteiger partial charge in [-0.05, 0) is 12.0 Å². The zero-order valence-corrected chi connectivity index (χ0v) is 5.58. The lowest BCUT2D eigenvalue weighted by molar-refractivity contribution is -0.108. The summed E-state index contributed by atoms with van der Waals surface area (Å²) in [6.45, 7) is 0. The van der Waals surface area contributed by atoms with Gasteiger partial charge in [-0.2, -0.15) is 0 Å². The standard InChI is InChI=1S/C8H9NO/c1-2-4-6-5(3-1)7-9-8(6)10-7/h1-3,6-9H,4H2. The van der Waals surface area contributed by atoms with Gasteiger partial charge in [0.05, 0.1) is 0 Å². The molecule has 0 aromatic heterocycles. The molecular formula is C8H9NO. The van der Waals surface area contributed by atoms with Crippen molar-refractivity contribution in [1.82, 2.24) is 5.32 Å². The Morgan fingerprint density at radius 1 is 1.60 bits per heavy atom. The minimum Gasteiger partial charge on any atom is -0.341 e. The number of ether oxygens (including phenoxy) is 1. The lowest BCUT2D eigenvalue weighted by atomic mass is 9.95. The molecule has 3 saturated heterocycles. The fourth-order valence-corrected chi connectivity index (χ4v) is 1.93. The molecule has 2 bridgehead atoms. The summed E-state index contributed by atoms with van der Waals surface area (Å²) in [4.78, 5) is 0. The third-order valence-electron chi connectivity index (χ3n) is 2.51. The molecule has 0 amide bonds. The van der Waals surface area contributed by atoms with E-state index in [2.05, 4.69) is 23.5 Å². The van der Waals surface area contributed by atoms with Crippen LogP contribution in [-0.2, 0) is 4.74 Å². The highest BCUT2D eigenvalue weighted by atomic mass is 16.6. The van der Waals surface area contributed by atoms with E-state index in [0.717, 1.165) is 6.42 Å². The summed E-state index contributed by atoms with van der Waals surface area (Å²) in [5.74, 6) is 0.648. The van der Waals surface area contributed by atoms with Gasteiger partial charge in [-0.15, -0.1) is 0 Å². The Balaban J connectivity index is 2.05. The molecule has 3 atom stereocenters. The molecule has 4 aliphatic rings. The van der Waals surface area contributed by atoms with Crippen molar-refractivity contribution in [3.05, 3.63) is 23.8 Å². The van der Waals surface area contributed by atoms with Gasteiger partial charge in [0.15, 0.2) is 0 Å². The highest BCUT2D eigenvalue weighted by Gasteiger charge is 2.49. The average molecular weight is 135 g/mol. The molecule has 3 aliphatic heterocycles. The number of nitrogens with one attached hydrogen (secondary N) is 1. The molecule has 0 spiro atoms. The van der Waals surface area contributed by atoms with Crippen LogP contribution in [-0.4, -0.2) is 12.5 Å². The van der Waals surface area contributed by atoms with Crippen LogP contribution in [0.1, 0.15) is 6.42 Å². The molecule has 0 saturated carbocycles. The molecule has 1 N–H and O–H groups in total. The van der Waals surface area contributed by atoms with Crippen molar-refractivity contribution in [2.75, 3.05) is 0 Å². The molecule has 3 heterocycles. The van der Waals surface area contributed by atoms with Crippen LogP contribution in [0.5, 0.6) is 0 Å².